The van der Waals surface area contributed by atoms with Gasteiger partial charge in [0.2, 0.25) is 0 Å². The van der Waals surface area contributed by atoms with E-state index in [0.29, 0.717) is 23.1 Å². The van der Waals surface area contributed by atoms with Gasteiger partial charge in [-0.2, -0.15) is 5.10 Å². The molecule has 0 fully saturated rings. The molecule has 2 rings (SSSR count). The van der Waals surface area contributed by atoms with Crippen molar-refractivity contribution in [3.8, 4) is 11.5 Å². The molecule has 2 aromatic carbocycles. The molecule has 6 heteroatoms. The van der Waals surface area contributed by atoms with Crippen LogP contribution in [0.1, 0.15) is 12.5 Å². The van der Waals surface area contributed by atoms with Gasteiger partial charge in [0, 0.05) is 5.56 Å². The average molecular weight is 333 g/mol. The molecule has 0 saturated carbocycles. The van der Waals surface area contributed by atoms with Gasteiger partial charge in [-0.05, 0) is 31.2 Å². The molecular formula is C17H17ClN2O3. The third kappa shape index (κ3) is 5.30. The van der Waals surface area contributed by atoms with Gasteiger partial charge in [-0.1, -0.05) is 35.9 Å². The number of carbonyl (C=O) groups excluding carboxylic acids is 1. The number of hydrogen-bond donors (Lipinski definition) is 1. The van der Waals surface area contributed by atoms with Crippen LogP contribution in [0.4, 0.5) is 0 Å². The smallest absolute Gasteiger partial charge is 0.277 e. The van der Waals surface area contributed by atoms with Crippen molar-refractivity contribution in [2.24, 2.45) is 5.10 Å². The lowest BCUT2D eigenvalue weighted by Gasteiger charge is -2.07. The van der Waals surface area contributed by atoms with Crippen molar-refractivity contribution in [3.05, 3.63) is 59.1 Å². The molecule has 23 heavy (non-hydrogen) atoms. The number of nitrogens with one attached hydrogen (secondary N) is 1. The summed E-state index contributed by atoms with van der Waals surface area (Å²) in [7, 11) is 0. The van der Waals surface area contributed by atoms with Gasteiger partial charge < -0.3 is 9.47 Å². The molecule has 5 nitrogen and oxygen atoms in total. The normalized spacial score (nSPS) is 10.5. The Morgan fingerprint density at radius 2 is 1.83 bits per heavy atom. The molecule has 0 atom stereocenters. The third-order valence-corrected chi connectivity index (χ3v) is 3.12. The molecule has 0 unspecified atom stereocenters. The van der Waals surface area contributed by atoms with Crippen LogP contribution in [-0.2, 0) is 4.79 Å². The zero-order valence-electron chi connectivity index (χ0n) is 12.7. The first-order valence-corrected chi connectivity index (χ1v) is 7.49. The second-order valence-corrected chi connectivity index (χ2v) is 4.89. The number of para-hydroxylation sites is 2. The van der Waals surface area contributed by atoms with Crippen molar-refractivity contribution in [2.45, 2.75) is 6.92 Å². The lowest BCUT2D eigenvalue weighted by molar-refractivity contribution is -0.123. The molecule has 0 aliphatic heterocycles. The van der Waals surface area contributed by atoms with Crippen molar-refractivity contribution < 1.29 is 14.3 Å². The third-order valence-electron chi connectivity index (χ3n) is 2.81. The minimum atomic E-state index is -0.380. The summed E-state index contributed by atoms with van der Waals surface area (Å²) < 4.78 is 10.8. The maximum Gasteiger partial charge on any atom is 0.277 e. The zero-order valence-corrected chi connectivity index (χ0v) is 13.4. The number of amides is 1. The summed E-state index contributed by atoms with van der Waals surface area (Å²) in [4.78, 5) is 11.7. The van der Waals surface area contributed by atoms with Crippen LogP contribution in [0.3, 0.4) is 0 Å². The predicted molar refractivity (Wildman–Crippen MR) is 90.3 cm³/mol. The van der Waals surface area contributed by atoms with E-state index in [1.807, 2.05) is 31.2 Å². The van der Waals surface area contributed by atoms with E-state index in [4.69, 9.17) is 21.1 Å². The van der Waals surface area contributed by atoms with Gasteiger partial charge in [-0.25, -0.2) is 5.43 Å². The Hall–Kier alpha value is -2.53. The first kappa shape index (κ1) is 16.8. The molecule has 120 valence electrons. The first-order chi connectivity index (χ1) is 11.2. The van der Waals surface area contributed by atoms with Crippen molar-refractivity contribution >= 4 is 23.7 Å². The SMILES string of the molecule is CCOc1ccccc1/C=N\NC(=O)COc1ccccc1Cl. The maximum atomic E-state index is 11.7. The van der Waals surface area contributed by atoms with E-state index in [9.17, 15) is 4.79 Å². The number of nitrogens with zero attached hydrogens (tertiary/aromatic N) is 1. The van der Waals surface area contributed by atoms with Crippen LogP contribution in [-0.4, -0.2) is 25.3 Å². The first-order valence-electron chi connectivity index (χ1n) is 7.11. The highest BCUT2D eigenvalue weighted by molar-refractivity contribution is 6.32. The predicted octanol–water partition coefficient (Wildman–Crippen LogP) is 3.27. The molecule has 0 radical (unpaired) electrons. The van der Waals surface area contributed by atoms with E-state index >= 15 is 0 Å². The quantitative estimate of drug-likeness (QED) is 0.625. The summed E-state index contributed by atoms with van der Waals surface area (Å²) in [5, 5.41) is 4.35. The topological polar surface area (TPSA) is 59.9 Å². The molecular weight excluding hydrogens is 316 g/mol. The van der Waals surface area contributed by atoms with Crippen LogP contribution >= 0.6 is 11.6 Å². The molecule has 0 saturated heterocycles. The number of rotatable bonds is 7. The fourth-order valence-corrected chi connectivity index (χ4v) is 1.98. The largest absolute Gasteiger partial charge is 0.493 e. The second-order valence-electron chi connectivity index (χ2n) is 4.48. The van der Waals surface area contributed by atoms with Crippen molar-refractivity contribution in [1.82, 2.24) is 5.43 Å². The number of hydrazone groups is 1. The van der Waals surface area contributed by atoms with Gasteiger partial charge >= 0.3 is 0 Å². The molecule has 0 aliphatic carbocycles. The van der Waals surface area contributed by atoms with Crippen LogP contribution in [0, 0.1) is 0 Å². The van der Waals surface area contributed by atoms with Crippen molar-refractivity contribution in [2.75, 3.05) is 13.2 Å². The van der Waals surface area contributed by atoms with E-state index in [2.05, 4.69) is 10.5 Å². The minimum Gasteiger partial charge on any atom is -0.493 e. The van der Waals surface area contributed by atoms with Crippen LogP contribution in [0.5, 0.6) is 11.5 Å². The highest BCUT2D eigenvalue weighted by Crippen LogP contribution is 2.22. The van der Waals surface area contributed by atoms with Gasteiger partial charge in [-0.3, -0.25) is 4.79 Å². The number of benzene rings is 2. The monoisotopic (exact) mass is 332 g/mol. The van der Waals surface area contributed by atoms with E-state index in [1.165, 1.54) is 6.21 Å². The maximum absolute atomic E-state index is 11.7. The summed E-state index contributed by atoms with van der Waals surface area (Å²) in [5.41, 5.74) is 3.18. The molecule has 0 aliphatic rings. The number of halogens is 1. The van der Waals surface area contributed by atoms with Crippen LogP contribution in [0.25, 0.3) is 0 Å². The molecule has 1 amide bonds. The Kier molecular flexibility index (Phi) is 6.44. The minimum absolute atomic E-state index is 0.172. The van der Waals surface area contributed by atoms with E-state index in [1.54, 1.807) is 24.3 Å². The standard InChI is InChI=1S/C17H17ClN2O3/c1-2-22-15-9-5-3-7-13(15)11-19-20-17(21)12-23-16-10-6-4-8-14(16)18/h3-11H,2,12H2,1H3,(H,20,21)/b19-11-. The Morgan fingerprint density at radius 3 is 2.57 bits per heavy atom. The Balaban J connectivity index is 1.86. The summed E-state index contributed by atoms with van der Waals surface area (Å²) in [6, 6.07) is 14.4. The van der Waals surface area contributed by atoms with Crippen LogP contribution < -0.4 is 14.9 Å². The summed E-state index contributed by atoms with van der Waals surface area (Å²) in [6.45, 7) is 2.29. The molecule has 0 aromatic heterocycles. The fourth-order valence-electron chi connectivity index (χ4n) is 1.79. The molecule has 0 heterocycles. The molecule has 0 bridgehead atoms. The van der Waals surface area contributed by atoms with Crippen LogP contribution in [0.2, 0.25) is 5.02 Å². The number of carbonyl (C=O) groups is 1. The summed E-state index contributed by atoms with van der Waals surface area (Å²) >= 11 is 5.94. The summed E-state index contributed by atoms with van der Waals surface area (Å²) in [6.07, 6.45) is 1.53. The molecule has 1 N–H and O–H groups in total. The van der Waals surface area contributed by atoms with Gasteiger partial charge in [0.25, 0.3) is 5.91 Å². The van der Waals surface area contributed by atoms with E-state index in [0.717, 1.165) is 5.56 Å². The Morgan fingerprint density at radius 1 is 1.13 bits per heavy atom. The summed E-state index contributed by atoms with van der Waals surface area (Å²) in [5.74, 6) is 0.783. The van der Waals surface area contributed by atoms with E-state index < -0.39 is 0 Å². The highest BCUT2D eigenvalue weighted by Gasteiger charge is 2.04. The fraction of sp³-hybridized carbons (Fsp3) is 0.176. The molecule has 2 aromatic rings. The Bertz CT molecular complexity index is 689. The van der Waals surface area contributed by atoms with Gasteiger partial charge in [-0.15, -0.1) is 0 Å². The zero-order chi connectivity index (χ0) is 16.5. The average Bonchev–Trinajstić information content (AvgIpc) is 2.56. The lowest BCUT2D eigenvalue weighted by atomic mass is 10.2. The number of ether oxygens (including phenoxy) is 2. The van der Waals surface area contributed by atoms with Crippen LogP contribution in [0.15, 0.2) is 53.6 Å². The van der Waals surface area contributed by atoms with Gasteiger partial charge in [0.05, 0.1) is 17.8 Å². The lowest BCUT2D eigenvalue weighted by Crippen LogP contribution is -2.24. The van der Waals surface area contributed by atoms with Crippen molar-refractivity contribution in [1.29, 1.82) is 0 Å². The second kappa shape index (κ2) is 8.80. The molecule has 0 spiro atoms. The van der Waals surface area contributed by atoms with Gasteiger partial charge in [0.15, 0.2) is 6.61 Å². The van der Waals surface area contributed by atoms with E-state index in [-0.39, 0.29) is 12.5 Å². The van der Waals surface area contributed by atoms with Gasteiger partial charge in [0.1, 0.15) is 11.5 Å². The highest BCUT2D eigenvalue weighted by atomic mass is 35.5. The number of hydrogen-bond acceptors (Lipinski definition) is 4. The van der Waals surface area contributed by atoms with Crippen molar-refractivity contribution in [3.63, 3.8) is 0 Å². The Labute approximate surface area is 139 Å².